The lowest BCUT2D eigenvalue weighted by molar-refractivity contribution is -0.139. The van der Waals surface area contributed by atoms with Crippen LogP contribution in [0.4, 0.5) is 0 Å². The number of furan rings is 1. The largest absolute Gasteiger partial charge is 0.481 e. The number of amides is 2. The molecule has 1 fully saturated rings. The minimum absolute atomic E-state index is 0.0931. The smallest absolute Gasteiger partial charge is 0.289 e. The number of carbonyl (C=O) groups is 2. The Balaban J connectivity index is 1.55. The molecule has 0 spiro atoms. The van der Waals surface area contributed by atoms with Gasteiger partial charge in [-0.25, -0.2) is 0 Å². The first kappa shape index (κ1) is 18.3. The van der Waals surface area contributed by atoms with Crippen molar-refractivity contribution in [2.45, 2.75) is 20.0 Å². The average molecular weight is 377 g/mol. The summed E-state index contributed by atoms with van der Waals surface area (Å²) in [6.45, 7) is 5.50. The van der Waals surface area contributed by atoms with Gasteiger partial charge in [0.1, 0.15) is 5.75 Å². The van der Waals surface area contributed by atoms with E-state index in [1.54, 1.807) is 47.1 Å². The standard InChI is InChI=1S/C19H21ClN2O4/c1-13-12-15(20)5-6-16(13)26-14(2)18(23)21-7-9-22(10-8-21)19(24)17-4-3-11-25-17/h3-6,11-12,14H,7-10H2,1-2H3. The Hall–Kier alpha value is -2.47. The van der Waals surface area contributed by atoms with Gasteiger partial charge < -0.3 is 19.0 Å². The third-order valence-electron chi connectivity index (χ3n) is 4.40. The van der Waals surface area contributed by atoms with Crippen LogP contribution in [0.15, 0.2) is 41.0 Å². The van der Waals surface area contributed by atoms with E-state index in [0.717, 1.165) is 5.56 Å². The van der Waals surface area contributed by atoms with Gasteiger partial charge in [0.25, 0.3) is 11.8 Å². The molecular formula is C19H21ClN2O4. The van der Waals surface area contributed by atoms with Crippen molar-refractivity contribution >= 4 is 23.4 Å². The van der Waals surface area contributed by atoms with Crippen molar-refractivity contribution in [1.29, 1.82) is 0 Å². The number of rotatable bonds is 4. The van der Waals surface area contributed by atoms with E-state index in [4.69, 9.17) is 20.8 Å². The zero-order chi connectivity index (χ0) is 18.7. The number of hydrogen-bond donors (Lipinski definition) is 0. The van der Waals surface area contributed by atoms with Crippen LogP contribution in [0.3, 0.4) is 0 Å². The number of carbonyl (C=O) groups excluding carboxylic acids is 2. The highest BCUT2D eigenvalue weighted by atomic mass is 35.5. The van der Waals surface area contributed by atoms with Gasteiger partial charge in [-0.1, -0.05) is 11.6 Å². The lowest BCUT2D eigenvalue weighted by atomic mass is 10.2. The zero-order valence-corrected chi connectivity index (χ0v) is 15.5. The van der Waals surface area contributed by atoms with Gasteiger partial charge in [-0.2, -0.15) is 0 Å². The molecule has 0 aliphatic carbocycles. The van der Waals surface area contributed by atoms with Gasteiger partial charge in [0, 0.05) is 31.2 Å². The molecule has 6 nitrogen and oxygen atoms in total. The molecule has 7 heteroatoms. The predicted molar refractivity (Wildman–Crippen MR) is 97.5 cm³/mol. The second-order valence-corrected chi connectivity index (χ2v) is 6.70. The number of hydrogen-bond acceptors (Lipinski definition) is 4. The number of halogens is 1. The summed E-state index contributed by atoms with van der Waals surface area (Å²) in [5.74, 6) is 0.717. The lowest BCUT2D eigenvalue weighted by Gasteiger charge is -2.35. The van der Waals surface area contributed by atoms with E-state index >= 15 is 0 Å². The van der Waals surface area contributed by atoms with Crippen LogP contribution in [0, 0.1) is 6.92 Å². The Morgan fingerprint density at radius 1 is 1.15 bits per heavy atom. The highest BCUT2D eigenvalue weighted by molar-refractivity contribution is 6.30. The second-order valence-electron chi connectivity index (χ2n) is 6.26. The molecule has 138 valence electrons. The van der Waals surface area contributed by atoms with Crippen LogP contribution < -0.4 is 4.74 Å². The van der Waals surface area contributed by atoms with Crippen molar-refractivity contribution in [2.24, 2.45) is 0 Å². The molecule has 0 radical (unpaired) electrons. The molecule has 2 amide bonds. The number of benzene rings is 1. The summed E-state index contributed by atoms with van der Waals surface area (Å²) in [7, 11) is 0. The van der Waals surface area contributed by atoms with E-state index < -0.39 is 6.10 Å². The fraction of sp³-hybridized carbons (Fsp3) is 0.368. The van der Waals surface area contributed by atoms with Gasteiger partial charge >= 0.3 is 0 Å². The minimum atomic E-state index is -0.609. The Bertz CT molecular complexity index is 783. The van der Waals surface area contributed by atoms with E-state index in [1.165, 1.54) is 6.26 Å². The van der Waals surface area contributed by atoms with Crippen LogP contribution in [-0.2, 0) is 4.79 Å². The second kappa shape index (κ2) is 7.83. The van der Waals surface area contributed by atoms with Gasteiger partial charge in [-0.15, -0.1) is 0 Å². The van der Waals surface area contributed by atoms with Crippen molar-refractivity contribution in [1.82, 2.24) is 9.80 Å². The highest BCUT2D eigenvalue weighted by Gasteiger charge is 2.29. The first-order valence-electron chi connectivity index (χ1n) is 8.50. The third kappa shape index (κ3) is 4.02. The van der Waals surface area contributed by atoms with E-state index in [0.29, 0.717) is 42.7 Å². The third-order valence-corrected chi connectivity index (χ3v) is 4.63. The zero-order valence-electron chi connectivity index (χ0n) is 14.8. The lowest BCUT2D eigenvalue weighted by Crippen LogP contribution is -2.53. The number of ether oxygens (including phenoxy) is 1. The van der Waals surface area contributed by atoms with Crippen LogP contribution >= 0.6 is 11.6 Å². The van der Waals surface area contributed by atoms with Crippen molar-refractivity contribution in [3.8, 4) is 5.75 Å². The molecule has 2 aromatic rings. The molecule has 1 saturated heterocycles. The number of nitrogens with zero attached hydrogens (tertiary/aromatic N) is 2. The molecule has 1 aromatic carbocycles. The monoisotopic (exact) mass is 376 g/mol. The van der Waals surface area contributed by atoms with Crippen molar-refractivity contribution in [2.75, 3.05) is 26.2 Å². The van der Waals surface area contributed by atoms with Crippen LogP contribution in [0.5, 0.6) is 5.75 Å². The van der Waals surface area contributed by atoms with Crippen LogP contribution in [0.25, 0.3) is 0 Å². The van der Waals surface area contributed by atoms with Gasteiger partial charge in [0.05, 0.1) is 6.26 Å². The van der Waals surface area contributed by atoms with Gasteiger partial charge in [0.15, 0.2) is 11.9 Å². The van der Waals surface area contributed by atoms with Gasteiger partial charge in [-0.05, 0) is 49.7 Å². The molecule has 1 atom stereocenters. The number of piperazine rings is 1. The van der Waals surface area contributed by atoms with Crippen LogP contribution in [0.1, 0.15) is 23.0 Å². The Morgan fingerprint density at radius 2 is 1.85 bits per heavy atom. The Labute approximate surface area is 157 Å². The van der Waals surface area contributed by atoms with Crippen molar-refractivity contribution < 1.29 is 18.7 Å². The van der Waals surface area contributed by atoms with E-state index in [9.17, 15) is 9.59 Å². The molecule has 3 rings (SSSR count). The van der Waals surface area contributed by atoms with E-state index in [2.05, 4.69) is 0 Å². The summed E-state index contributed by atoms with van der Waals surface area (Å²) in [4.78, 5) is 28.3. The Morgan fingerprint density at radius 3 is 2.46 bits per heavy atom. The van der Waals surface area contributed by atoms with Crippen molar-refractivity contribution in [3.63, 3.8) is 0 Å². The maximum absolute atomic E-state index is 12.6. The molecule has 0 saturated carbocycles. The molecule has 1 unspecified atom stereocenters. The quantitative estimate of drug-likeness (QED) is 0.822. The summed E-state index contributed by atoms with van der Waals surface area (Å²) < 4.78 is 10.9. The maximum Gasteiger partial charge on any atom is 0.289 e. The van der Waals surface area contributed by atoms with Gasteiger partial charge in [-0.3, -0.25) is 9.59 Å². The minimum Gasteiger partial charge on any atom is -0.481 e. The van der Waals surface area contributed by atoms with Crippen LogP contribution in [0.2, 0.25) is 5.02 Å². The fourth-order valence-electron chi connectivity index (χ4n) is 2.93. The first-order valence-corrected chi connectivity index (χ1v) is 8.88. The molecule has 1 aliphatic heterocycles. The van der Waals surface area contributed by atoms with Crippen LogP contribution in [-0.4, -0.2) is 53.9 Å². The molecular weight excluding hydrogens is 356 g/mol. The topological polar surface area (TPSA) is 63.0 Å². The molecule has 26 heavy (non-hydrogen) atoms. The first-order chi connectivity index (χ1) is 12.5. The molecule has 2 heterocycles. The molecule has 1 aliphatic rings. The summed E-state index contributed by atoms with van der Waals surface area (Å²) in [5, 5.41) is 0.631. The summed E-state index contributed by atoms with van der Waals surface area (Å²) in [6.07, 6.45) is 0.868. The fourth-order valence-corrected chi connectivity index (χ4v) is 3.16. The molecule has 1 aromatic heterocycles. The normalized spacial score (nSPS) is 15.7. The average Bonchev–Trinajstić information content (AvgIpc) is 3.17. The predicted octanol–water partition coefficient (Wildman–Crippen LogP) is 2.99. The highest BCUT2D eigenvalue weighted by Crippen LogP contribution is 2.23. The summed E-state index contributed by atoms with van der Waals surface area (Å²) >= 11 is 5.94. The molecule has 0 bridgehead atoms. The van der Waals surface area contributed by atoms with E-state index in [-0.39, 0.29) is 11.8 Å². The maximum atomic E-state index is 12.6. The molecule has 0 N–H and O–H groups in total. The van der Waals surface area contributed by atoms with Crippen molar-refractivity contribution in [3.05, 3.63) is 52.9 Å². The van der Waals surface area contributed by atoms with E-state index in [1.807, 2.05) is 6.92 Å². The Kier molecular flexibility index (Phi) is 5.52. The summed E-state index contributed by atoms with van der Waals surface area (Å²) in [5.41, 5.74) is 0.881. The van der Waals surface area contributed by atoms with Gasteiger partial charge in [0.2, 0.25) is 0 Å². The number of aryl methyl sites for hydroxylation is 1. The SMILES string of the molecule is Cc1cc(Cl)ccc1OC(C)C(=O)N1CCN(C(=O)c2ccco2)CC1. The summed E-state index contributed by atoms with van der Waals surface area (Å²) in [6, 6.07) is 8.63.